The van der Waals surface area contributed by atoms with Crippen molar-refractivity contribution in [2.24, 2.45) is 7.05 Å². The third-order valence-corrected chi connectivity index (χ3v) is 5.97. The Labute approximate surface area is 151 Å². The molecule has 130 valence electrons. The second kappa shape index (κ2) is 5.16. The molecule has 0 unspecified atom stereocenters. The molecule has 4 aromatic rings. The minimum absolute atomic E-state index is 0.624. The van der Waals surface area contributed by atoms with Crippen LogP contribution >= 0.6 is 0 Å². The molecule has 1 fully saturated rings. The molecular weight excluding hydrogens is 322 g/mol. The molecule has 6 rings (SSSR count). The van der Waals surface area contributed by atoms with Crippen LogP contribution in [0.3, 0.4) is 0 Å². The summed E-state index contributed by atoms with van der Waals surface area (Å²) in [7, 11) is 2.03. The minimum Gasteiger partial charge on any atom is -0.278 e. The van der Waals surface area contributed by atoms with E-state index in [-0.39, 0.29) is 0 Å². The van der Waals surface area contributed by atoms with Gasteiger partial charge in [0.05, 0.1) is 28.6 Å². The monoisotopic (exact) mass is 343 g/mol. The summed E-state index contributed by atoms with van der Waals surface area (Å²) in [6, 6.07) is 4.24. The number of pyridine rings is 1. The number of aryl methyl sites for hydroxylation is 2. The van der Waals surface area contributed by atoms with Crippen molar-refractivity contribution in [2.45, 2.75) is 44.4 Å². The maximum Gasteiger partial charge on any atom is 0.0778 e. The lowest BCUT2D eigenvalue weighted by Gasteiger charge is -2.21. The van der Waals surface area contributed by atoms with Gasteiger partial charge >= 0.3 is 0 Å². The van der Waals surface area contributed by atoms with E-state index in [0.717, 1.165) is 23.9 Å². The van der Waals surface area contributed by atoms with Gasteiger partial charge in [0.1, 0.15) is 0 Å². The number of nitrogens with zero attached hydrogens (tertiary/aromatic N) is 4. The lowest BCUT2D eigenvalue weighted by Crippen LogP contribution is -2.08. The van der Waals surface area contributed by atoms with Crippen LogP contribution in [0.15, 0.2) is 24.5 Å². The third-order valence-electron chi connectivity index (χ3n) is 5.97. The maximum absolute atomic E-state index is 5.18. The predicted octanol–water partition coefficient (Wildman–Crippen LogP) is 4.27. The van der Waals surface area contributed by atoms with Crippen LogP contribution in [0.1, 0.15) is 48.4 Å². The van der Waals surface area contributed by atoms with Crippen molar-refractivity contribution >= 4 is 21.8 Å². The van der Waals surface area contributed by atoms with Crippen molar-refractivity contribution in [3.8, 4) is 11.3 Å². The molecule has 0 bridgehead atoms. The Morgan fingerprint density at radius 1 is 1.12 bits per heavy atom. The van der Waals surface area contributed by atoms with Crippen molar-refractivity contribution in [3.63, 3.8) is 0 Å². The summed E-state index contributed by atoms with van der Waals surface area (Å²) in [5.74, 6) is 0.624. The van der Waals surface area contributed by atoms with E-state index in [2.05, 4.69) is 28.5 Å². The maximum atomic E-state index is 5.18. The predicted molar refractivity (Wildman–Crippen MR) is 102 cm³/mol. The van der Waals surface area contributed by atoms with E-state index in [1.165, 1.54) is 64.5 Å². The summed E-state index contributed by atoms with van der Waals surface area (Å²) >= 11 is 0. The zero-order chi connectivity index (χ0) is 17.3. The van der Waals surface area contributed by atoms with Gasteiger partial charge in [-0.1, -0.05) is 0 Å². The van der Waals surface area contributed by atoms with Gasteiger partial charge in [-0.2, -0.15) is 10.2 Å². The Balaban J connectivity index is 1.71. The van der Waals surface area contributed by atoms with Gasteiger partial charge in [-0.05, 0) is 61.8 Å². The van der Waals surface area contributed by atoms with Crippen LogP contribution in [0.5, 0.6) is 0 Å². The van der Waals surface area contributed by atoms with Crippen molar-refractivity contribution in [3.05, 3.63) is 41.3 Å². The third kappa shape index (κ3) is 2.00. The molecule has 1 aromatic carbocycles. The molecule has 0 radical (unpaired) electrons. The number of benzene rings is 1. The number of hydrogen-bond donors (Lipinski definition) is 1. The van der Waals surface area contributed by atoms with Crippen molar-refractivity contribution in [2.75, 3.05) is 0 Å². The molecule has 0 aliphatic heterocycles. The van der Waals surface area contributed by atoms with Crippen molar-refractivity contribution < 1.29 is 0 Å². The number of H-pyrrole nitrogens is 1. The first-order chi connectivity index (χ1) is 12.8. The molecule has 2 aliphatic rings. The zero-order valence-electron chi connectivity index (χ0n) is 14.9. The molecular formula is C21H21N5. The average molecular weight is 343 g/mol. The molecule has 3 heterocycles. The Kier molecular flexibility index (Phi) is 2.87. The normalized spacial score (nSPS) is 17.1. The molecule has 0 atom stereocenters. The summed E-state index contributed by atoms with van der Waals surface area (Å²) in [5.41, 5.74) is 8.77. The molecule has 5 nitrogen and oxygen atoms in total. The number of rotatable bonds is 2. The van der Waals surface area contributed by atoms with Crippen LogP contribution in [-0.2, 0) is 19.9 Å². The second-order valence-electron chi connectivity index (χ2n) is 7.79. The fourth-order valence-electron chi connectivity index (χ4n) is 4.62. The highest BCUT2D eigenvalue weighted by Crippen LogP contribution is 2.45. The van der Waals surface area contributed by atoms with Gasteiger partial charge in [-0.3, -0.25) is 9.78 Å². The molecule has 0 saturated heterocycles. The smallest absolute Gasteiger partial charge is 0.0778 e. The highest BCUT2D eigenvalue weighted by molar-refractivity contribution is 6.07. The highest BCUT2D eigenvalue weighted by atomic mass is 15.3. The molecule has 0 amide bonds. The molecule has 1 saturated carbocycles. The van der Waals surface area contributed by atoms with Crippen molar-refractivity contribution in [1.29, 1.82) is 0 Å². The fourth-order valence-corrected chi connectivity index (χ4v) is 4.62. The summed E-state index contributed by atoms with van der Waals surface area (Å²) < 4.78 is 1.96. The highest BCUT2D eigenvalue weighted by Gasteiger charge is 2.31. The fraction of sp³-hybridized carbons (Fsp3) is 0.381. The van der Waals surface area contributed by atoms with Crippen LogP contribution in [0.2, 0.25) is 0 Å². The Morgan fingerprint density at radius 2 is 1.96 bits per heavy atom. The number of aromatic nitrogens is 5. The molecule has 5 heteroatoms. The Morgan fingerprint density at radius 3 is 2.81 bits per heavy atom. The molecule has 2 aliphatic carbocycles. The minimum atomic E-state index is 0.624. The van der Waals surface area contributed by atoms with E-state index in [0.29, 0.717) is 5.92 Å². The Bertz CT molecular complexity index is 1160. The number of fused-ring (bicyclic) bond motifs is 5. The topological polar surface area (TPSA) is 59.4 Å². The van der Waals surface area contributed by atoms with Crippen LogP contribution in [-0.4, -0.2) is 25.0 Å². The summed E-state index contributed by atoms with van der Waals surface area (Å²) in [6.07, 6.45) is 11.4. The molecule has 1 N–H and O–H groups in total. The first-order valence-electron chi connectivity index (χ1n) is 9.61. The van der Waals surface area contributed by atoms with Crippen molar-refractivity contribution in [1.82, 2.24) is 25.0 Å². The van der Waals surface area contributed by atoms with Gasteiger partial charge in [0, 0.05) is 35.5 Å². The quantitative estimate of drug-likeness (QED) is 0.591. The van der Waals surface area contributed by atoms with Crippen LogP contribution in [0.4, 0.5) is 0 Å². The van der Waals surface area contributed by atoms with E-state index < -0.39 is 0 Å². The SMILES string of the molecule is Cn1cc(-c2nc3ccc4[nH]ncc4c3c3c2CCCC3)c(C2CC2)n1. The molecule has 0 spiro atoms. The summed E-state index contributed by atoms with van der Waals surface area (Å²) in [5, 5.41) is 14.7. The van der Waals surface area contributed by atoms with E-state index in [1.54, 1.807) is 0 Å². The molecule has 3 aromatic heterocycles. The van der Waals surface area contributed by atoms with Gasteiger partial charge in [0.15, 0.2) is 0 Å². The lowest BCUT2D eigenvalue weighted by atomic mass is 9.85. The first kappa shape index (κ1) is 14.5. The second-order valence-corrected chi connectivity index (χ2v) is 7.79. The Hall–Kier alpha value is -2.69. The zero-order valence-corrected chi connectivity index (χ0v) is 14.9. The van der Waals surface area contributed by atoms with Crippen LogP contribution < -0.4 is 0 Å². The average Bonchev–Trinajstić information content (AvgIpc) is 3.26. The number of aromatic amines is 1. The van der Waals surface area contributed by atoms with E-state index in [1.807, 2.05) is 17.9 Å². The number of nitrogens with one attached hydrogen (secondary N) is 1. The summed E-state index contributed by atoms with van der Waals surface area (Å²) in [6.45, 7) is 0. The van der Waals surface area contributed by atoms with E-state index in [9.17, 15) is 0 Å². The van der Waals surface area contributed by atoms with Gasteiger partial charge in [-0.15, -0.1) is 0 Å². The van der Waals surface area contributed by atoms with Crippen LogP contribution in [0.25, 0.3) is 33.1 Å². The van der Waals surface area contributed by atoms with E-state index >= 15 is 0 Å². The standard InChI is InChI=1S/C21H21N5/c1-26-11-16(20(25-26)12-6-7-12)21-14-5-3-2-4-13(14)19-15-10-22-24-17(15)8-9-18(19)23-21/h8-12H,2-7H2,1H3,(H,22,24). The van der Waals surface area contributed by atoms with E-state index in [4.69, 9.17) is 10.1 Å². The lowest BCUT2D eigenvalue weighted by molar-refractivity contribution is 0.689. The van der Waals surface area contributed by atoms with Gasteiger partial charge < -0.3 is 0 Å². The molecule has 26 heavy (non-hydrogen) atoms. The van der Waals surface area contributed by atoms with Gasteiger partial charge in [-0.25, -0.2) is 4.98 Å². The van der Waals surface area contributed by atoms with Crippen LogP contribution in [0, 0.1) is 0 Å². The van der Waals surface area contributed by atoms with Gasteiger partial charge in [0.2, 0.25) is 0 Å². The first-order valence-corrected chi connectivity index (χ1v) is 9.61. The number of hydrogen-bond acceptors (Lipinski definition) is 3. The van der Waals surface area contributed by atoms with Gasteiger partial charge in [0.25, 0.3) is 0 Å². The summed E-state index contributed by atoms with van der Waals surface area (Å²) in [4.78, 5) is 5.18. The largest absolute Gasteiger partial charge is 0.278 e.